The van der Waals surface area contributed by atoms with Crippen LogP contribution in [0.4, 0.5) is 10.5 Å². The number of benzene rings is 1. The van der Waals surface area contributed by atoms with E-state index < -0.39 is 28.9 Å². The summed E-state index contributed by atoms with van der Waals surface area (Å²) >= 11 is 0. The maximum Gasteiger partial charge on any atom is 0.407 e. The van der Waals surface area contributed by atoms with E-state index >= 15 is 0 Å². The number of carbonyl (C=O) groups is 2. The van der Waals surface area contributed by atoms with Crippen LogP contribution in [0.15, 0.2) is 12.1 Å². The molecular formula is C15H20N2O8. The molecule has 1 aromatic rings. The molecule has 138 valence electrons. The van der Waals surface area contributed by atoms with E-state index in [1.54, 1.807) is 6.92 Å². The second-order valence-corrected chi connectivity index (χ2v) is 5.23. The van der Waals surface area contributed by atoms with Gasteiger partial charge in [0.1, 0.15) is 12.6 Å². The number of ether oxygens (including phenoxy) is 3. The maximum absolute atomic E-state index is 11.6. The van der Waals surface area contributed by atoms with E-state index in [0.717, 1.165) is 0 Å². The molecule has 2 unspecified atom stereocenters. The summed E-state index contributed by atoms with van der Waals surface area (Å²) in [5.74, 6) is -1.23. The minimum Gasteiger partial charge on any atom is -0.493 e. The lowest BCUT2D eigenvalue weighted by molar-refractivity contribution is -0.385. The van der Waals surface area contributed by atoms with Crippen LogP contribution in [0.1, 0.15) is 25.3 Å². The first-order chi connectivity index (χ1) is 11.7. The molecule has 0 heterocycles. The second-order valence-electron chi connectivity index (χ2n) is 5.23. The molecule has 0 aliphatic rings. The Kier molecular flexibility index (Phi) is 6.97. The molecule has 25 heavy (non-hydrogen) atoms. The first-order valence-electron chi connectivity index (χ1n) is 7.27. The van der Waals surface area contributed by atoms with E-state index in [9.17, 15) is 19.7 Å². The van der Waals surface area contributed by atoms with Gasteiger partial charge in [0.2, 0.25) is 0 Å². The third kappa shape index (κ3) is 5.23. The van der Waals surface area contributed by atoms with Crippen LogP contribution in [0.3, 0.4) is 0 Å². The molecule has 10 nitrogen and oxygen atoms in total. The highest BCUT2D eigenvalue weighted by molar-refractivity contribution is 5.79. The SMILES string of the molecule is COc1cc(C(C)COC(=O)NC(C)C(=O)O)c([N+](=O)[O-])cc1OC. The normalized spacial score (nSPS) is 12.6. The van der Waals surface area contributed by atoms with Crippen molar-refractivity contribution >= 4 is 17.7 Å². The monoisotopic (exact) mass is 356 g/mol. The Bertz CT molecular complexity index is 661. The van der Waals surface area contributed by atoms with Crippen molar-refractivity contribution in [2.75, 3.05) is 20.8 Å². The molecular weight excluding hydrogens is 336 g/mol. The summed E-state index contributed by atoms with van der Waals surface area (Å²) in [6.07, 6.45) is -0.926. The average Bonchev–Trinajstić information content (AvgIpc) is 2.57. The molecule has 1 rings (SSSR count). The molecule has 1 aromatic carbocycles. The number of carboxylic acids is 1. The average molecular weight is 356 g/mol. The Morgan fingerprint density at radius 1 is 1.24 bits per heavy atom. The van der Waals surface area contributed by atoms with Crippen LogP contribution in [0.5, 0.6) is 11.5 Å². The number of carbonyl (C=O) groups excluding carboxylic acids is 1. The lowest BCUT2D eigenvalue weighted by Gasteiger charge is -2.16. The fourth-order valence-electron chi connectivity index (χ4n) is 2.01. The van der Waals surface area contributed by atoms with E-state index in [1.807, 2.05) is 0 Å². The Morgan fingerprint density at radius 3 is 2.28 bits per heavy atom. The van der Waals surface area contributed by atoms with Gasteiger partial charge < -0.3 is 24.6 Å². The highest BCUT2D eigenvalue weighted by Gasteiger charge is 2.24. The Labute approximate surface area is 143 Å². The van der Waals surface area contributed by atoms with Crippen molar-refractivity contribution < 1.29 is 33.8 Å². The number of hydrogen-bond acceptors (Lipinski definition) is 7. The summed E-state index contributed by atoms with van der Waals surface area (Å²) in [6, 6.07) is 1.57. The smallest absolute Gasteiger partial charge is 0.407 e. The van der Waals surface area contributed by atoms with E-state index in [4.69, 9.17) is 19.3 Å². The second kappa shape index (κ2) is 8.71. The number of amides is 1. The van der Waals surface area contributed by atoms with Crippen molar-refractivity contribution in [3.8, 4) is 11.5 Å². The zero-order valence-corrected chi connectivity index (χ0v) is 14.3. The topological polar surface area (TPSA) is 137 Å². The lowest BCUT2D eigenvalue weighted by Crippen LogP contribution is -2.39. The number of methoxy groups -OCH3 is 2. The van der Waals surface area contributed by atoms with Crippen LogP contribution in [-0.2, 0) is 9.53 Å². The number of aliphatic carboxylic acids is 1. The van der Waals surface area contributed by atoms with Crippen LogP contribution in [0, 0.1) is 10.1 Å². The molecule has 0 radical (unpaired) electrons. The molecule has 0 fully saturated rings. The summed E-state index contributed by atoms with van der Waals surface area (Å²) in [4.78, 5) is 32.9. The molecule has 0 aromatic heterocycles. The van der Waals surface area contributed by atoms with E-state index in [0.29, 0.717) is 11.3 Å². The zero-order chi connectivity index (χ0) is 19.1. The quantitative estimate of drug-likeness (QED) is 0.532. The first kappa shape index (κ1) is 20.0. The van der Waals surface area contributed by atoms with Crippen molar-refractivity contribution in [2.24, 2.45) is 0 Å². The van der Waals surface area contributed by atoms with Gasteiger partial charge in [0.15, 0.2) is 11.5 Å². The van der Waals surface area contributed by atoms with Crippen molar-refractivity contribution in [2.45, 2.75) is 25.8 Å². The van der Waals surface area contributed by atoms with Crippen LogP contribution in [0.2, 0.25) is 0 Å². The summed E-state index contributed by atoms with van der Waals surface area (Å²) in [5.41, 5.74) is 0.0924. The fourth-order valence-corrected chi connectivity index (χ4v) is 2.01. The molecule has 0 saturated carbocycles. The summed E-state index contributed by atoms with van der Waals surface area (Å²) in [7, 11) is 2.76. The van der Waals surface area contributed by atoms with Crippen LogP contribution < -0.4 is 14.8 Å². The van der Waals surface area contributed by atoms with E-state index in [-0.39, 0.29) is 18.0 Å². The Hall–Kier alpha value is -3.04. The number of alkyl carbamates (subject to hydrolysis) is 1. The van der Waals surface area contributed by atoms with Gasteiger partial charge in [0, 0.05) is 11.5 Å². The standard InChI is InChI=1S/C15H20N2O8/c1-8(7-25-15(20)16-9(2)14(18)19)10-5-12(23-3)13(24-4)6-11(10)17(21)22/h5-6,8-9H,7H2,1-4H3,(H,16,20)(H,18,19). The van der Waals surface area contributed by atoms with Crippen LogP contribution in [0.25, 0.3) is 0 Å². The molecule has 0 spiro atoms. The minimum absolute atomic E-state index is 0.186. The number of carboxylic acid groups (broad SMARTS) is 1. The van der Waals surface area contributed by atoms with Gasteiger partial charge in [-0.3, -0.25) is 14.9 Å². The van der Waals surface area contributed by atoms with Gasteiger partial charge in [0.05, 0.1) is 25.2 Å². The van der Waals surface area contributed by atoms with E-state index in [2.05, 4.69) is 5.32 Å². The van der Waals surface area contributed by atoms with Gasteiger partial charge in [-0.05, 0) is 13.0 Å². The van der Waals surface area contributed by atoms with Crippen molar-refractivity contribution in [3.63, 3.8) is 0 Å². The highest BCUT2D eigenvalue weighted by Crippen LogP contribution is 2.37. The van der Waals surface area contributed by atoms with Gasteiger partial charge in [-0.2, -0.15) is 0 Å². The summed E-state index contributed by atoms with van der Waals surface area (Å²) in [6.45, 7) is 2.73. The molecule has 2 atom stereocenters. The molecule has 2 N–H and O–H groups in total. The third-order valence-electron chi connectivity index (χ3n) is 3.43. The number of nitrogens with one attached hydrogen (secondary N) is 1. The van der Waals surface area contributed by atoms with Gasteiger partial charge in [-0.1, -0.05) is 6.92 Å². The number of rotatable bonds is 8. The maximum atomic E-state index is 11.6. The number of nitro groups is 1. The largest absolute Gasteiger partial charge is 0.493 e. The number of nitro benzene ring substituents is 1. The van der Waals surface area contributed by atoms with Gasteiger partial charge in [-0.15, -0.1) is 0 Å². The van der Waals surface area contributed by atoms with E-state index in [1.165, 1.54) is 33.3 Å². The predicted molar refractivity (Wildman–Crippen MR) is 86.2 cm³/mol. The lowest BCUT2D eigenvalue weighted by atomic mass is 9.99. The molecule has 1 amide bonds. The molecule has 10 heteroatoms. The minimum atomic E-state index is -1.21. The molecule has 0 bridgehead atoms. The van der Waals surface area contributed by atoms with Crippen LogP contribution in [-0.4, -0.2) is 49.0 Å². The van der Waals surface area contributed by atoms with Crippen molar-refractivity contribution in [3.05, 3.63) is 27.8 Å². The summed E-state index contributed by atoms with van der Waals surface area (Å²) < 4.78 is 15.1. The summed E-state index contributed by atoms with van der Waals surface area (Å²) in [5, 5.41) is 22.1. The number of nitrogens with zero attached hydrogens (tertiary/aromatic N) is 1. The van der Waals surface area contributed by atoms with Crippen molar-refractivity contribution in [1.82, 2.24) is 5.32 Å². The Morgan fingerprint density at radius 2 is 1.80 bits per heavy atom. The first-order valence-corrected chi connectivity index (χ1v) is 7.27. The molecule has 0 saturated heterocycles. The molecule has 0 aliphatic carbocycles. The Balaban J connectivity index is 2.93. The van der Waals surface area contributed by atoms with Gasteiger partial charge in [-0.25, -0.2) is 4.79 Å². The third-order valence-corrected chi connectivity index (χ3v) is 3.43. The zero-order valence-electron chi connectivity index (χ0n) is 14.3. The predicted octanol–water partition coefficient (Wildman–Crippen LogP) is 1.91. The number of hydrogen-bond donors (Lipinski definition) is 2. The molecule has 0 aliphatic heterocycles. The highest BCUT2D eigenvalue weighted by atomic mass is 16.6. The van der Waals surface area contributed by atoms with Gasteiger partial charge in [0.25, 0.3) is 5.69 Å². The fraction of sp³-hybridized carbons (Fsp3) is 0.467. The van der Waals surface area contributed by atoms with Gasteiger partial charge >= 0.3 is 12.1 Å². The van der Waals surface area contributed by atoms with Crippen LogP contribution >= 0.6 is 0 Å². The van der Waals surface area contributed by atoms with Crippen molar-refractivity contribution in [1.29, 1.82) is 0 Å².